The maximum Gasteiger partial charge on any atom is 0.338 e. The summed E-state index contributed by atoms with van der Waals surface area (Å²) in [6.45, 7) is 7.84. The van der Waals surface area contributed by atoms with E-state index >= 15 is 0 Å². The van der Waals surface area contributed by atoms with Gasteiger partial charge in [-0.1, -0.05) is 60.2 Å². The van der Waals surface area contributed by atoms with E-state index < -0.39 is 12.0 Å². The monoisotopic (exact) mass is 535 g/mol. The van der Waals surface area contributed by atoms with Gasteiger partial charge in [0.1, 0.15) is 4.53 Å². The SMILES string of the molecule is CCCN1C(=O)/C(=c2\sc3n(c2=O)[C@@H](c2ccc(Cl)cc2)C(C(=O)OC(C)C)=C(C)N=3)c2ccccc21. The third kappa shape index (κ3) is 4.24. The van der Waals surface area contributed by atoms with Crippen LogP contribution in [0.2, 0.25) is 5.02 Å². The average molecular weight is 536 g/mol. The van der Waals surface area contributed by atoms with Crippen LogP contribution in [0.3, 0.4) is 0 Å². The molecule has 0 fully saturated rings. The highest BCUT2D eigenvalue weighted by atomic mass is 35.5. The predicted octanol–water partition coefficient (Wildman–Crippen LogP) is 3.97. The molecule has 0 N–H and O–H groups in total. The Kier molecular flexibility index (Phi) is 6.64. The number of hydrogen-bond acceptors (Lipinski definition) is 6. The molecule has 1 amide bonds. The van der Waals surface area contributed by atoms with Crippen molar-refractivity contribution in [3.8, 4) is 0 Å². The first-order valence-electron chi connectivity index (χ1n) is 12.2. The van der Waals surface area contributed by atoms with Gasteiger partial charge in [-0.05, 0) is 51.0 Å². The van der Waals surface area contributed by atoms with E-state index in [-0.39, 0.29) is 23.1 Å². The molecular weight excluding hydrogens is 510 g/mol. The van der Waals surface area contributed by atoms with Crippen molar-refractivity contribution in [3.63, 3.8) is 0 Å². The zero-order valence-corrected chi connectivity index (χ0v) is 22.5. The lowest BCUT2D eigenvalue weighted by atomic mass is 9.96. The highest BCUT2D eigenvalue weighted by Gasteiger charge is 2.37. The molecule has 37 heavy (non-hydrogen) atoms. The first kappa shape index (κ1) is 25.2. The highest BCUT2D eigenvalue weighted by molar-refractivity contribution is 7.07. The fourth-order valence-corrected chi connectivity index (χ4v) is 6.08. The predicted molar refractivity (Wildman–Crippen MR) is 144 cm³/mol. The Morgan fingerprint density at radius 1 is 1.14 bits per heavy atom. The Labute approximate surface area is 223 Å². The van der Waals surface area contributed by atoms with Crippen molar-refractivity contribution in [2.75, 3.05) is 11.4 Å². The summed E-state index contributed by atoms with van der Waals surface area (Å²) in [4.78, 5) is 47.7. The van der Waals surface area contributed by atoms with Crippen molar-refractivity contribution in [2.45, 2.75) is 46.3 Å². The van der Waals surface area contributed by atoms with Gasteiger partial charge in [-0.15, -0.1) is 0 Å². The number of carbonyl (C=O) groups excluding carboxylic acids is 2. The van der Waals surface area contributed by atoms with E-state index in [0.717, 1.165) is 17.7 Å². The van der Waals surface area contributed by atoms with Crippen LogP contribution in [0, 0.1) is 0 Å². The lowest BCUT2D eigenvalue weighted by molar-refractivity contribution is -0.143. The van der Waals surface area contributed by atoms with Gasteiger partial charge in [0.25, 0.3) is 11.5 Å². The van der Waals surface area contributed by atoms with Crippen molar-refractivity contribution in [1.29, 1.82) is 0 Å². The standard InChI is InChI=1S/C28H26ClN3O4S/c1-5-14-31-20-9-7-6-8-19(20)22(25(31)33)24-26(34)32-23(17-10-12-18(29)13-11-17)21(27(35)36-15(2)3)16(4)30-28(32)37-24/h6-13,15,23H,5,14H2,1-4H3/b24-22-/t23-/m0/s1. The Bertz CT molecular complexity index is 1630. The van der Waals surface area contributed by atoms with Crippen LogP contribution < -0.4 is 19.8 Å². The van der Waals surface area contributed by atoms with Crippen molar-refractivity contribution in [2.24, 2.45) is 4.99 Å². The minimum absolute atomic E-state index is 0.202. The fourth-order valence-electron chi connectivity index (χ4n) is 4.82. The number of anilines is 1. The smallest absolute Gasteiger partial charge is 0.338 e. The molecule has 7 nitrogen and oxygen atoms in total. The Hall–Kier alpha value is -3.49. The van der Waals surface area contributed by atoms with Gasteiger partial charge in [0, 0.05) is 17.1 Å². The molecule has 0 radical (unpaired) electrons. The molecule has 3 aromatic rings. The molecule has 0 saturated heterocycles. The fraction of sp³-hybridized carbons (Fsp3) is 0.286. The Morgan fingerprint density at radius 3 is 2.51 bits per heavy atom. The van der Waals surface area contributed by atoms with Crippen LogP contribution in [0.15, 0.2) is 69.6 Å². The van der Waals surface area contributed by atoms with Gasteiger partial charge in [-0.25, -0.2) is 9.79 Å². The van der Waals surface area contributed by atoms with Gasteiger partial charge in [0.05, 0.1) is 34.7 Å². The summed E-state index contributed by atoms with van der Waals surface area (Å²) in [5, 5.41) is 0.537. The van der Waals surface area contributed by atoms with Crippen LogP contribution in [0.5, 0.6) is 0 Å². The van der Waals surface area contributed by atoms with Crippen LogP contribution in [0.1, 0.15) is 51.3 Å². The molecule has 5 rings (SSSR count). The van der Waals surface area contributed by atoms with Crippen molar-refractivity contribution >= 4 is 46.1 Å². The summed E-state index contributed by atoms with van der Waals surface area (Å²) in [6.07, 6.45) is 0.439. The van der Waals surface area contributed by atoms with Crippen molar-refractivity contribution in [3.05, 3.63) is 95.6 Å². The van der Waals surface area contributed by atoms with Crippen LogP contribution in [0.25, 0.3) is 5.57 Å². The third-order valence-corrected chi connectivity index (χ3v) is 7.65. The largest absolute Gasteiger partial charge is 0.459 e. The molecule has 0 saturated carbocycles. The summed E-state index contributed by atoms with van der Waals surface area (Å²) in [7, 11) is 0. The quantitative estimate of drug-likeness (QED) is 0.463. The number of amides is 1. The molecule has 1 aromatic heterocycles. The maximum absolute atomic E-state index is 14.1. The number of ether oxygens (including phenoxy) is 1. The van der Waals surface area contributed by atoms with E-state index in [1.54, 1.807) is 49.9 Å². The zero-order chi connectivity index (χ0) is 26.4. The van der Waals surface area contributed by atoms with Crippen LogP contribution in [-0.4, -0.2) is 29.1 Å². The number of rotatable bonds is 5. The molecule has 2 aromatic carbocycles. The van der Waals surface area contributed by atoms with Crippen LogP contribution in [-0.2, 0) is 14.3 Å². The number of benzene rings is 2. The summed E-state index contributed by atoms with van der Waals surface area (Å²) >= 11 is 7.30. The van der Waals surface area contributed by atoms with E-state index in [1.165, 1.54) is 15.9 Å². The average Bonchev–Trinajstić information content (AvgIpc) is 3.31. The summed E-state index contributed by atoms with van der Waals surface area (Å²) in [5.74, 6) is -0.739. The summed E-state index contributed by atoms with van der Waals surface area (Å²) in [6, 6.07) is 13.7. The van der Waals surface area contributed by atoms with Crippen molar-refractivity contribution < 1.29 is 14.3 Å². The van der Waals surface area contributed by atoms with Gasteiger partial charge in [-0.2, -0.15) is 0 Å². The minimum atomic E-state index is -0.771. The molecular formula is C28H26ClN3O4S. The molecule has 9 heteroatoms. The zero-order valence-electron chi connectivity index (χ0n) is 20.9. The second kappa shape index (κ2) is 9.76. The van der Waals surface area contributed by atoms with Gasteiger partial charge in [0.2, 0.25) is 0 Å². The van der Waals surface area contributed by atoms with E-state index in [9.17, 15) is 14.4 Å². The number of esters is 1. The van der Waals surface area contributed by atoms with Gasteiger partial charge >= 0.3 is 5.97 Å². The van der Waals surface area contributed by atoms with Crippen LogP contribution in [0.4, 0.5) is 5.69 Å². The van der Waals surface area contributed by atoms with E-state index in [2.05, 4.69) is 4.99 Å². The topological polar surface area (TPSA) is 81.0 Å². The molecule has 0 bridgehead atoms. The second-order valence-electron chi connectivity index (χ2n) is 9.26. The van der Waals surface area contributed by atoms with Gasteiger partial charge in [0.15, 0.2) is 4.80 Å². The molecule has 2 aliphatic heterocycles. The van der Waals surface area contributed by atoms with Gasteiger partial charge in [-0.3, -0.25) is 14.2 Å². The molecule has 1 atom stereocenters. The lowest BCUT2D eigenvalue weighted by Crippen LogP contribution is -2.41. The molecule has 2 aliphatic rings. The maximum atomic E-state index is 14.1. The van der Waals surface area contributed by atoms with Gasteiger partial charge < -0.3 is 9.64 Å². The number of hydrogen-bond donors (Lipinski definition) is 0. The molecule has 3 heterocycles. The molecule has 190 valence electrons. The summed E-state index contributed by atoms with van der Waals surface area (Å²) in [5.41, 5.74) is 2.96. The first-order valence-corrected chi connectivity index (χ1v) is 13.3. The Balaban J connectivity index is 1.80. The number of allylic oxidation sites excluding steroid dienone is 1. The number of para-hydroxylation sites is 1. The molecule has 0 unspecified atom stereocenters. The summed E-state index contributed by atoms with van der Waals surface area (Å²) < 4.78 is 7.34. The number of carbonyl (C=O) groups is 2. The first-order chi connectivity index (χ1) is 17.7. The third-order valence-electron chi connectivity index (χ3n) is 6.34. The van der Waals surface area contributed by atoms with E-state index in [0.29, 0.717) is 37.7 Å². The number of halogens is 1. The number of aromatic nitrogens is 1. The molecule has 0 spiro atoms. The number of nitrogens with zero attached hydrogens (tertiary/aromatic N) is 3. The Morgan fingerprint density at radius 2 is 1.84 bits per heavy atom. The minimum Gasteiger partial charge on any atom is -0.459 e. The lowest BCUT2D eigenvalue weighted by Gasteiger charge is -2.25. The van der Waals surface area contributed by atoms with E-state index in [1.807, 2.05) is 31.2 Å². The normalized spacial score (nSPS) is 18.2. The highest BCUT2D eigenvalue weighted by Crippen LogP contribution is 2.36. The molecule has 0 aliphatic carbocycles. The van der Waals surface area contributed by atoms with Crippen LogP contribution >= 0.6 is 22.9 Å². The number of thiazole rings is 1. The van der Waals surface area contributed by atoms with E-state index in [4.69, 9.17) is 16.3 Å². The van der Waals surface area contributed by atoms with Crippen molar-refractivity contribution in [1.82, 2.24) is 4.57 Å². The second-order valence-corrected chi connectivity index (χ2v) is 10.7. The number of fused-ring (bicyclic) bond motifs is 2.